The monoisotopic (exact) mass is 124 g/mol. The summed E-state index contributed by atoms with van der Waals surface area (Å²) in [6.07, 6.45) is 6.51. The van der Waals surface area contributed by atoms with E-state index in [1.165, 1.54) is 0 Å². The molecule has 40 valence electrons. The van der Waals surface area contributed by atoms with Crippen LogP contribution in [0.15, 0.2) is 0 Å². The molecule has 0 aromatic carbocycles. The summed E-state index contributed by atoms with van der Waals surface area (Å²) in [5.41, 5.74) is 0. The second kappa shape index (κ2) is 1.08. The molecule has 0 spiro atoms. The van der Waals surface area contributed by atoms with Crippen molar-refractivity contribution >= 4 is 22.7 Å². The van der Waals surface area contributed by atoms with E-state index in [-0.39, 0.29) is 0 Å². The summed E-state index contributed by atoms with van der Waals surface area (Å²) in [4.78, 5) is 0. The van der Waals surface area contributed by atoms with Gasteiger partial charge < -0.3 is 0 Å². The Balaban J connectivity index is 4.16. The topological polar surface area (TPSA) is 0 Å². The Bertz CT molecular complexity index is 85.2. The van der Waals surface area contributed by atoms with E-state index in [4.69, 9.17) is 0 Å². The van der Waals surface area contributed by atoms with E-state index in [0.717, 1.165) is 0 Å². The van der Waals surface area contributed by atoms with E-state index in [9.17, 15) is 0 Å². The largest absolute Gasteiger partial charge is 0.245 e. The molecule has 0 aromatic rings. The minimum atomic E-state index is -1.18. The van der Waals surface area contributed by atoms with Crippen molar-refractivity contribution in [3.05, 3.63) is 0 Å². The molecule has 0 aliphatic rings. The molecular formula is C4H13PS. The van der Waals surface area contributed by atoms with E-state index in [1.807, 2.05) is 0 Å². The van der Waals surface area contributed by atoms with Crippen molar-refractivity contribution in [1.82, 2.24) is 0 Å². The Hall–Kier alpha value is 0.650. The summed E-state index contributed by atoms with van der Waals surface area (Å²) in [7, 11) is 1.59. The van der Waals surface area contributed by atoms with E-state index in [2.05, 4.69) is 33.1 Å². The maximum atomic E-state index is 3.97. The van der Waals surface area contributed by atoms with Gasteiger partial charge in [-0.1, -0.05) is 5.87 Å². The van der Waals surface area contributed by atoms with Crippen LogP contribution in [0.4, 0.5) is 0 Å². The Morgan fingerprint density at radius 3 is 1.33 bits per heavy atom. The fourth-order valence-electron chi connectivity index (χ4n) is 0. The Kier molecular flexibility index (Phi) is 1.19. The predicted molar refractivity (Wildman–Crippen MR) is 42.2 cm³/mol. The van der Waals surface area contributed by atoms with E-state index in [0.29, 0.717) is 0 Å². The molecule has 0 heterocycles. The van der Waals surface area contributed by atoms with E-state index < -0.39 is 8.37 Å². The first kappa shape index (κ1) is 6.65. The van der Waals surface area contributed by atoms with Gasteiger partial charge in [-0.25, -0.2) is 8.37 Å². The minimum Gasteiger partial charge on any atom is -0.245 e. The Labute approximate surface area is 42.1 Å². The van der Waals surface area contributed by atoms with Crippen LogP contribution in [-0.4, -0.2) is 24.6 Å². The third-order valence-electron chi connectivity index (χ3n) is 0. The van der Waals surface area contributed by atoms with Crippen LogP contribution < -0.4 is 0 Å². The molecule has 0 aromatic heterocycles. The number of hydrogen-bond acceptors (Lipinski definition) is 0. The van der Waals surface area contributed by atoms with Gasteiger partial charge >= 0.3 is 0 Å². The van der Waals surface area contributed by atoms with Gasteiger partial charge in [0.05, 0.1) is 0 Å². The molecule has 0 amide bonds. The standard InChI is InChI=1S/C4H13PS/c1-6(2,3,4)5/h1,5H2,2-4H3. The summed E-state index contributed by atoms with van der Waals surface area (Å²) in [6, 6.07) is 0. The maximum Gasteiger partial charge on any atom is -0.0355 e. The molecule has 0 N–H and O–H groups in total. The third kappa shape index (κ3) is 147. The molecule has 2 heteroatoms. The van der Waals surface area contributed by atoms with Crippen molar-refractivity contribution in [2.75, 3.05) is 18.8 Å². The number of rotatable bonds is 0. The smallest absolute Gasteiger partial charge is 0.0355 e. The zero-order chi connectivity index (χ0) is 5.45. The first-order valence-corrected chi connectivity index (χ1v) is 6.66. The Morgan fingerprint density at radius 2 is 1.33 bits per heavy atom. The van der Waals surface area contributed by atoms with Crippen molar-refractivity contribution in [1.29, 1.82) is 0 Å². The van der Waals surface area contributed by atoms with Crippen LogP contribution in [0, 0.1) is 0 Å². The fourth-order valence-corrected chi connectivity index (χ4v) is 0. The highest BCUT2D eigenvalue weighted by Crippen LogP contribution is 2.53. The average molecular weight is 124 g/mol. The minimum absolute atomic E-state index is 1.18. The van der Waals surface area contributed by atoms with Gasteiger partial charge in [-0.15, -0.1) is 8.44 Å². The molecule has 0 rings (SSSR count). The molecule has 0 aliphatic carbocycles. The van der Waals surface area contributed by atoms with Crippen LogP contribution in [0.3, 0.4) is 0 Å². The summed E-state index contributed by atoms with van der Waals surface area (Å²) >= 11 is 0. The van der Waals surface area contributed by atoms with Crippen LogP contribution in [0.1, 0.15) is 0 Å². The Morgan fingerprint density at radius 1 is 1.33 bits per heavy atom. The normalized spacial score (nSPS) is 19.0. The second-order valence-electron chi connectivity index (χ2n) is 2.96. The molecule has 0 saturated heterocycles. The van der Waals surface area contributed by atoms with Crippen molar-refractivity contribution < 1.29 is 0 Å². The summed E-state index contributed by atoms with van der Waals surface area (Å²) in [6.45, 7) is 0. The molecule has 0 nitrogen and oxygen atoms in total. The summed E-state index contributed by atoms with van der Waals surface area (Å²) in [5.74, 6) is 3.97. The maximum absolute atomic E-state index is 3.97. The van der Waals surface area contributed by atoms with Crippen molar-refractivity contribution in [2.45, 2.75) is 0 Å². The van der Waals surface area contributed by atoms with Crippen molar-refractivity contribution in [2.24, 2.45) is 0 Å². The van der Waals surface area contributed by atoms with Crippen LogP contribution in [0.2, 0.25) is 0 Å². The SMILES string of the molecule is C=S(C)(C)(C)P. The predicted octanol–water partition coefficient (Wildman–Crippen LogP) is 1.44. The van der Waals surface area contributed by atoms with Crippen LogP contribution in [0.25, 0.3) is 0 Å². The molecule has 1 atom stereocenters. The lowest BCUT2D eigenvalue weighted by Gasteiger charge is -2.27. The number of hydrogen-bond donors (Lipinski definition) is 0. The van der Waals surface area contributed by atoms with Gasteiger partial charge in [0.1, 0.15) is 0 Å². The van der Waals surface area contributed by atoms with Crippen LogP contribution in [-0.2, 0) is 0 Å². The highest BCUT2D eigenvalue weighted by atomic mass is 32.8. The summed E-state index contributed by atoms with van der Waals surface area (Å²) < 4.78 is 0. The van der Waals surface area contributed by atoms with Gasteiger partial charge in [-0.2, -0.15) is 0 Å². The lowest BCUT2D eigenvalue weighted by Crippen LogP contribution is -1.85. The summed E-state index contributed by atoms with van der Waals surface area (Å²) in [5, 5.41) is 0. The molecule has 0 aliphatic heterocycles. The van der Waals surface area contributed by atoms with Crippen LogP contribution >= 0.6 is 16.8 Å². The highest BCUT2D eigenvalue weighted by Gasteiger charge is 1.98. The van der Waals surface area contributed by atoms with Crippen molar-refractivity contribution in [3.63, 3.8) is 0 Å². The third-order valence-corrected chi connectivity index (χ3v) is 0. The molecule has 0 radical (unpaired) electrons. The van der Waals surface area contributed by atoms with Gasteiger partial charge in [0.15, 0.2) is 0 Å². The first-order valence-electron chi connectivity index (χ1n) is 1.75. The molecule has 1 unspecified atom stereocenters. The highest BCUT2D eigenvalue weighted by molar-refractivity contribution is 8.77. The van der Waals surface area contributed by atoms with E-state index in [1.54, 1.807) is 0 Å². The fraction of sp³-hybridized carbons (Fsp3) is 0.750. The van der Waals surface area contributed by atoms with Crippen molar-refractivity contribution in [3.8, 4) is 0 Å². The molecule has 0 bridgehead atoms. The lowest BCUT2D eigenvalue weighted by molar-refractivity contribution is 2.16. The lowest BCUT2D eigenvalue weighted by atomic mass is 11.8. The van der Waals surface area contributed by atoms with Gasteiger partial charge in [0.2, 0.25) is 0 Å². The molecule has 0 fully saturated rings. The first-order chi connectivity index (χ1) is 2.24. The van der Waals surface area contributed by atoms with E-state index >= 15 is 0 Å². The molecular weight excluding hydrogens is 111 g/mol. The second-order valence-corrected chi connectivity index (χ2v) is 14.1. The quantitative estimate of drug-likeness (QED) is 0.338. The molecule has 0 saturated carbocycles. The van der Waals surface area contributed by atoms with Gasteiger partial charge in [-0.05, 0) is 18.8 Å². The average Bonchev–Trinajstić information content (AvgIpc) is 0.650. The van der Waals surface area contributed by atoms with Gasteiger partial charge in [0.25, 0.3) is 0 Å². The van der Waals surface area contributed by atoms with Crippen LogP contribution in [0.5, 0.6) is 0 Å². The van der Waals surface area contributed by atoms with Gasteiger partial charge in [0, 0.05) is 0 Å². The molecule has 6 heavy (non-hydrogen) atoms. The zero-order valence-electron chi connectivity index (χ0n) is 4.69. The van der Waals surface area contributed by atoms with Gasteiger partial charge in [-0.3, -0.25) is 0 Å². The zero-order valence-corrected chi connectivity index (χ0v) is 6.66.